The Balaban J connectivity index is 1.83. The summed E-state index contributed by atoms with van der Waals surface area (Å²) in [5, 5.41) is 5.82. The first-order valence-corrected chi connectivity index (χ1v) is 8.10. The molecule has 2 aromatic carbocycles. The molecule has 0 unspecified atom stereocenters. The number of para-hydroxylation sites is 1. The second kappa shape index (κ2) is 6.46. The van der Waals surface area contributed by atoms with E-state index in [-0.39, 0.29) is 5.91 Å². The third-order valence-corrected chi connectivity index (χ3v) is 4.20. The van der Waals surface area contributed by atoms with Gasteiger partial charge in [0.05, 0.1) is 17.1 Å². The van der Waals surface area contributed by atoms with Crippen LogP contribution in [0.15, 0.2) is 63.1 Å². The Labute approximate surface area is 143 Å². The molecule has 4 nitrogen and oxygen atoms in total. The van der Waals surface area contributed by atoms with Crippen molar-refractivity contribution in [3.8, 4) is 0 Å². The summed E-state index contributed by atoms with van der Waals surface area (Å²) in [5.74, 6) is -0.495. The van der Waals surface area contributed by atoms with Crippen LogP contribution in [0.3, 0.4) is 0 Å². The lowest BCUT2D eigenvalue weighted by molar-refractivity contribution is -0.118. The molecule has 0 N–H and O–H groups in total. The Kier molecular flexibility index (Phi) is 4.39. The number of amides is 1. The van der Waals surface area contributed by atoms with Crippen LogP contribution in [0, 0.1) is 12.8 Å². The van der Waals surface area contributed by atoms with E-state index in [0.717, 1.165) is 27.1 Å². The highest BCUT2D eigenvalue weighted by atomic mass is 79.9. The molecule has 0 aromatic heterocycles. The van der Waals surface area contributed by atoms with Crippen LogP contribution < -0.4 is 5.01 Å². The highest BCUT2D eigenvalue weighted by Crippen LogP contribution is 2.25. The van der Waals surface area contributed by atoms with Crippen molar-refractivity contribution in [3.63, 3.8) is 0 Å². The van der Waals surface area contributed by atoms with Gasteiger partial charge in [-0.2, -0.15) is 10.1 Å². The molecule has 23 heavy (non-hydrogen) atoms. The van der Waals surface area contributed by atoms with Crippen molar-refractivity contribution in [1.82, 2.24) is 0 Å². The van der Waals surface area contributed by atoms with Gasteiger partial charge >= 0.3 is 0 Å². The van der Waals surface area contributed by atoms with Crippen LogP contribution in [0.25, 0.3) is 0 Å². The number of hydrogen-bond donors (Lipinski definition) is 0. The van der Waals surface area contributed by atoms with Gasteiger partial charge in [0.1, 0.15) is 5.92 Å². The fraction of sp³-hybridized carbons (Fsp3) is 0.167. The van der Waals surface area contributed by atoms with Gasteiger partial charge in [-0.1, -0.05) is 34.1 Å². The van der Waals surface area contributed by atoms with E-state index in [1.165, 1.54) is 5.01 Å². The van der Waals surface area contributed by atoms with Gasteiger partial charge in [0.2, 0.25) is 0 Å². The molecule has 0 radical (unpaired) electrons. The molecule has 2 aromatic rings. The zero-order valence-electron chi connectivity index (χ0n) is 12.9. The van der Waals surface area contributed by atoms with Crippen LogP contribution in [-0.4, -0.2) is 17.8 Å². The first-order valence-electron chi connectivity index (χ1n) is 7.31. The van der Waals surface area contributed by atoms with Crippen LogP contribution in [0.1, 0.15) is 12.5 Å². The minimum Gasteiger partial charge on any atom is -0.271 e. The third-order valence-electron chi connectivity index (χ3n) is 3.70. The summed E-state index contributed by atoms with van der Waals surface area (Å²) in [4.78, 5) is 17.1. The van der Waals surface area contributed by atoms with Crippen LogP contribution >= 0.6 is 15.9 Å². The number of nitrogens with zero attached hydrogens (tertiary/aromatic N) is 3. The highest BCUT2D eigenvalue weighted by Gasteiger charge is 2.33. The summed E-state index contributed by atoms with van der Waals surface area (Å²) < 4.78 is 1.01. The van der Waals surface area contributed by atoms with Crippen molar-refractivity contribution in [1.29, 1.82) is 0 Å². The molecule has 1 amide bonds. The van der Waals surface area contributed by atoms with Crippen molar-refractivity contribution < 1.29 is 4.79 Å². The SMILES string of the molecule is CC1=NN(c2ccccc2)C(=O)[C@H]1C=Nc1ccc(Br)cc1C. The number of hydrogen-bond acceptors (Lipinski definition) is 3. The minimum absolute atomic E-state index is 0.0767. The molecule has 0 saturated heterocycles. The van der Waals surface area contributed by atoms with Gasteiger partial charge in [-0.15, -0.1) is 0 Å². The number of rotatable bonds is 3. The molecule has 3 rings (SSSR count). The van der Waals surface area contributed by atoms with Crippen LogP contribution in [-0.2, 0) is 4.79 Å². The number of anilines is 1. The maximum Gasteiger partial charge on any atom is 0.261 e. The van der Waals surface area contributed by atoms with Crippen LogP contribution in [0.4, 0.5) is 11.4 Å². The molecule has 0 bridgehead atoms. The van der Waals surface area contributed by atoms with E-state index in [2.05, 4.69) is 26.0 Å². The first-order chi connectivity index (χ1) is 11.1. The zero-order valence-corrected chi connectivity index (χ0v) is 14.5. The second-order valence-corrected chi connectivity index (χ2v) is 6.33. The molecule has 1 aliphatic heterocycles. The molecule has 1 heterocycles. The predicted molar refractivity (Wildman–Crippen MR) is 97.6 cm³/mol. The number of carbonyl (C=O) groups excluding carboxylic acids is 1. The van der Waals surface area contributed by atoms with Crippen molar-refractivity contribution >= 4 is 45.1 Å². The Hall–Kier alpha value is -2.27. The van der Waals surface area contributed by atoms with E-state index in [9.17, 15) is 4.79 Å². The summed E-state index contributed by atoms with van der Waals surface area (Å²) in [7, 11) is 0. The minimum atomic E-state index is -0.418. The van der Waals surface area contributed by atoms with E-state index in [4.69, 9.17) is 0 Å². The van der Waals surface area contributed by atoms with Gasteiger partial charge in [0.15, 0.2) is 0 Å². The number of benzene rings is 2. The Morgan fingerprint density at radius 2 is 1.91 bits per heavy atom. The predicted octanol–water partition coefficient (Wildman–Crippen LogP) is 4.50. The quantitative estimate of drug-likeness (QED) is 0.734. The molecule has 0 aliphatic carbocycles. The normalized spacial score (nSPS) is 17.9. The molecular weight excluding hydrogens is 354 g/mol. The van der Waals surface area contributed by atoms with Gasteiger partial charge in [0, 0.05) is 10.7 Å². The third kappa shape index (κ3) is 3.24. The van der Waals surface area contributed by atoms with Crippen molar-refractivity contribution in [2.45, 2.75) is 13.8 Å². The van der Waals surface area contributed by atoms with Gasteiger partial charge in [0.25, 0.3) is 5.91 Å². The lowest BCUT2D eigenvalue weighted by Crippen LogP contribution is -2.27. The Morgan fingerprint density at radius 3 is 2.61 bits per heavy atom. The monoisotopic (exact) mass is 369 g/mol. The molecule has 0 spiro atoms. The summed E-state index contributed by atoms with van der Waals surface area (Å²) in [5.41, 5.74) is 3.42. The fourth-order valence-corrected chi connectivity index (χ4v) is 2.90. The molecule has 0 fully saturated rings. The number of aliphatic imine (C=N–C) groups is 1. The topological polar surface area (TPSA) is 45.0 Å². The van der Waals surface area contributed by atoms with E-state index in [0.29, 0.717) is 0 Å². The van der Waals surface area contributed by atoms with E-state index < -0.39 is 5.92 Å². The largest absolute Gasteiger partial charge is 0.271 e. The average Bonchev–Trinajstić information content (AvgIpc) is 2.82. The number of carbonyl (C=O) groups is 1. The second-order valence-electron chi connectivity index (χ2n) is 5.41. The van der Waals surface area contributed by atoms with E-state index in [1.54, 1.807) is 6.21 Å². The average molecular weight is 370 g/mol. The Morgan fingerprint density at radius 1 is 1.17 bits per heavy atom. The Bertz CT molecular complexity index is 799. The van der Waals surface area contributed by atoms with Gasteiger partial charge < -0.3 is 0 Å². The van der Waals surface area contributed by atoms with E-state index in [1.807, 2.05) is 62.4 Å². The molecule has 5 heteroatoms. The summed E-state index contributed by atoms with van der Waals surface area (Å²) in [6.45, 7) is 3.84. The first kappa shape index (κ1) is 15.6. The van der Waals surface area contributed by atoms with E-state index >= 15 is 0 Å². The van der Waals surface area contributed by atoms with Crippen molar-refractivity contribution in [3.05, 3.63) is 58.6 Å². The number of hydrazone groups is 1. The summed E-state index contributed by atoms with van der Waals surface area (Å²) in [6.07, 6.45) is 1.68. The summed E-state index contributed by atoms with van der Waals surface area (Å²) >= 11 is 3.43. The highest BCUT2D eigenvalue weighted by molar-refractivity contribution is 9.10. The maximum absolute atomic E-state index is 12.6. The summed E-state index contributed by atoms with van der Waals surface area (Å²) in [6, 6.07) is 15.3. The van der Waals surface area contributed by atoms with Crippen molar-refractivity contribution in [2.24, 2.45) is 16.0 Å². The zero-order chi connectivity index (χ0) is 16.4. The molecule has 1 aliphatic rings. The van der Waals surface area contributed by atoms with Crippen LogP contribution in [0.5, 0.6) is 0 Å². The molecular formula is C18H16BrN3O. The molecule has 116 valence electrons. The lowest BCUT2D eigenvalue weighted by Gasteiger charge is -2.12. The van der Waals surface area contributed by atoms with Gasteiger partial charge in [-0.05, 0) is 49.7 Å². The molecule has 0 saturated carbocycles. The van der Waals surface area contributed by atoms with Crippen molar-refractivity contribution in [2.75, 3.05) is 5.01 Å². The fourth-order valence-electron chi connectivity index (χ4n) is 2.42. The smallest absolute Gasteiger partial charge is 0.261 e. The van der Waals surface area contributed by atoms with Gasteiger partial charge in [-0.3, -0.25) is 9.79 Å². The standard InChI is InChI=1S/C18H16BrN3O/c1-12-10-14(19)8-9-17(12)20-11-16-13(2)21-22(18(16)23)15-6-4-3-5-7-15/h3-11,16H,1-2H3/t16-/m0/s1. The van der Waals surface area contributed by atoms with Crippen LogP contribution in [0.2, 0.25) is 0 Å². The number of halogens is 1. The lowest BCUT2D eigenvalue weighted by atomic mass is 10.1. The molecule has 1 atom stereocenters. The maximum atomic E-state index is 12.6. The van der Waals surface area contributed by atoms with Gasteiger partial charge in [-0.25, -0.2) is 0 Å². The number of aryl methyl sites for hydroxylation is 1.